The number of halogens is 5. The van der Waals surface area contributed by atoms with Crippen molar-refractivity contribution >= 4 is 28.6 Å². The summed E-state index contributed by atoms with van der Waals surface area (Å²) in [6.07, 6.45) is -5.08. The molecule has 0 amide bonds. The number of rotatable bonds is 2. The molecule has 0 radical (unpaired) electrons. The van der Waals surface area contributed by atoms with Crippen molar-refractivity contribution in [1.29, 1.82) is 0 Å². The summed E-state index contributed by atoms with van der Waals surface area (Å²) in [5.74, 6) is -2.07. The number of nitrogens with zero attached hydrogens (tertiary/aromatic N) is 2. The summed E-state index contributed by atoms with van der Waals surface area (Å²) in [7, 11) is 0. The summed E-state index contributed by atoms with van der Waals surface area (Å²) in [6, 6.07) is 11.0. The van der Waals surface area contributed by atoms with Crippen LogP contribution in [0.25, 0.3) is 11.0 Å². The van der Waals surface area contributed by atoms with Crippen molar-refractivity contribution in [2.24, 2.45) is 0 Å². The van der Waals surface area contributed by atoms with Crippen LogP contribution in [0, 0.1) is 5.82 Å². The lowest BCUT2D eigenvalue weighted by Gasteiger charge is -2.16. The lowest BCUT2D eigenvalue weighted by Crippen LogP contribution is -2.28. The lowest BCUT2D eigenvalue weighted by atomic mass is 9.92. The van der Waals surface area contributed by atoms with Crippen molar-refractivity contribution in [1.82, 2.24) is 14.9 Å². The Labute approximate surface area is 174 Å². The van der Waals surface area contributed by atoms with Gasteiger partial charge in [-0.3, -0.25) is 0 Å². The second-order valence-corrected chi connectivity index (χ2v) is 7.20. The molecule has 0 spiro atoms. The van der Waals surface area contributed by atoms with Crippen LogP contribution in [-0.4, -0.2) is 33.3 Å². The molecule has 5 nitrogen and oxygen atoms in total. The number of hydrogen-bond acceptors (Lipinski definition) is 3. The summed E-state index contributed by atoms with van der Waals surface area (Å²) in [5.41, 5.74) is 3.78. The minimum absolute atomic E-state index is 0.0825. The number of aliphatic carboxylic acids is 1. The van der Waals surface area contributed by atoms with Crippen LogP contribution >= 0.6 is 11.6 Å². The highest BCUT2D eigenvalue weighted by atomic mass is 35.5. The van der Waals surface area contributed by atoms with Gasteiger partial charge in [-0.05, 0) is 29.3 Å². The van der Waals surface area contributed by atoms with Crippen molar-refractivity contribution in [3.8, 4) is 0 Å². The Morgan fingerprint density at radius 1 is 1.27 bits per heavy atom. The fraction of sp³-hybridized carbons (Fsp3) is 0.300. The normalized spacial score (nSPS) is 14.6. The zero-order valence-electron chi connectivity index (χ0n) is 15.8. The van der Waals surface area contributed by atoms with Gasteiger partial charge in [-0.15, -0.1) is 0 Å². The Hall–Kier alpha value is -2.65. The van der Waals surface area contributed by atoms with Crippen LogP contribution in [0.15, 0.2) is 36.4 Å². The average molecular weight is 444 g/mol. The predicted octanol–water partition coefficient (Wildman–Crippen LogP) is 4.72. The first-order valence-electron chi connectivity index (χ1n) is 9.03. The largest absolute Gasteiger partial charge is 0.490 e. The summed E-state index contributed by atoms with van der Waals surface area (Å²) >= 11 is 5.87. The number of carboxylic acids is 1. The monoisotopic (exact) mass is 443 g/mol. The number of aromatic nitrogens is 2. The topological polar surface area (TPSA) is 67.2 Å². The predicted molar refractivity (Wildman–Crippen MR) is 104 cm³/mol. The maximum Gasteiger partial charge on any atom is 0.490 e. The third kappa shape index (κ3) is 4.57. The third-order valence-corrected chi connectivity index (χ3v) is 5.06. The van der Waals surface area contributed by atoms with Gasteiger partial charge < -0.3 is 15.0 Å². The molecular weight excluding hydrogens is 426 g/mol. The molecule has 160 valence electrons. The maximum absolute atomic E-state index is 14.3. The van der Waals surface area contributed by atoms with E-state index in [4.69, 9.17) is 26.5 Å². The smallest absolute Gasteiger partial charge is 0.475 e. The van der Waals surface area contributed by atoms with Crippen LogP contribution < -0.4 is 5.32 Å². The van der Waals surface area contributed by atoms with E-state index in [2.05, 4.69) is 16.0 Å². The number of imidazole rings is 1. The Morgan fingerprint density at radius 3 is 2.60 bits per heavy atom. The second-order valence-electron chi connectivity index (χ2n) is 6.76. The summed E-state index contributed by atoms with van der Waals surface area (Å²) in [4.78, 5) is 13.7. The van der Waals surface area contributed by atoms with Gasteiger partial charge in [0.25, 0.3) is 0 Å². The van der Waals surface area contributed by atoms with E-state index in [1.807, 2.05) is 19.1 Å². The minimum atomic E-state index is -5.08. The van der Waals surface area contributed by atoms with E-state index in [0.29, 0.717) is 10.6 Å². The van der Waals surface area contributed by atoms with Crippen molar-refractivity contribution in [2.75, 3.05) is 6.54 Å². The fourth-order valence-corrected chi connectivity index (χ4v) is 3.52. The highest BCUT2D eigenvalue weighted by Crippen LogP contribution is 2.33. The van der Waals surface area contributed by atoms with Gasteiger partial charge in [-0.2, -0.15) is 13.2 Å². The number of para-hydroxylation sites is 1. The molecule has 10 heteroatoms. The standard InChI is InChI=1S/C18H17ClFN3.C2HF3O2/c1-11(13-6-5-12(19)9-15(13)20)14-3-2-4-16-18(14)22-17-10-21-7-8-23(16)17;3-2(4,5)1(6)7/h2-6,9,11,21H,7-8,10H2,1H3;(H,6,7). The van der Waals surface area contributed by atoms with Crippen molar-refractivity contribution in [2.45, 2.75) is 32.1 Å². The lowest BCUT2D eigenvalue weighted by molar-refractivity contribution is -0.192. The van der Waals surface area contributed by atoms with E-state index >= 15 is 0 Å². The zero-order chi connectivity index (χ0) is 22.1. The van der Waals surface area contributed by atoms with E-state index < -0.39 is 12.1 Å². The molecule has 1 aliphatic heterocycles. The molecule has 0 aliphatic carbocycles. The molecule has 1 aliphatic rings. The Morgan fingerprint density at radius 2 is 1.97 bits per heavy atom. The maximum atomic E-state index is 14.3. The third-order valence-electron chi connectivity index (χ3n) is 4.82. The Balaban J connectivity index is 0.000000318. The molecule has 1 atom stereocenters. The number of carboxylic acid groups (broad SMARTS) is 1. The SMILES string of the molecule is CC(c1ccc(Cl)cc1F)c1cccc2c1nc1n2CCNC1.O=C(O)C(F)(F)F. The van der Waals surface area contributed by atoms with Gasteiger partial charge in [0.2, 0.25) is 0 Å². The first-order chi connectivity index (χ1) is 14.1. The van der Waals surface area contributed by atoms with E-state index in [1.165, 1.54) is 6.07 Å². The molecule has 2 aromatic carbocycles. The molecule has 0 saturated heterocycles. The van der Waals surface area contributed by atoms with Crippen LogP contribution in [-0.2, 0) is 17.9 Å². The van der Waals surface area contributed by atoms with Crippen LogP contribution in [0.5, 0.6) is 0 Å². The van der Waals surface area contributed by atoms with Crippen molar-refractivity contribution < 1.29 is 27.5 Å². The van der Waals surface area contributed by atoms with Gasteiger partial charge in [-0.1, -0.05) is 36.7 Å². The molecule has 3 aromatic rings. The van der Waals surface area contributed by atoms with Crippen LogP contribution in [0.1, 0.15) is 29.8 Å². The molecule has 0 bridgehead atoms. The fourth-order valence-electron chi connectivity index (χ4n) is 3.36. The number of benzene rings is 2. The molecule has 0 saturated carbocycles. The average Bonchev–Trinajstić information content (AvgIpc) is 3.06. The van der Waals surface area contributed by atoms with Gasteiger partial charge in [0.1, 0.15) is 11.6 Å². The Bertz CT molecular complexity index is 1080. The Kier molecular flexibility index (Phi) is 6.33. The molecule has 1 unspecified atom stereocenters. The van der Waals surface area contributed by atoms with Gasteiger partial charge in [0.15, 0.2) is 0 Å². The van der Waals surface area contributed by atoms with Gasteiger partial charge in [-0.25, -0.2) is 14.2 Å². The highest BCUT2D eigenvalue weighted by molar-refractivity contribution is 6.30. The molecule has 2 N–H and O–H groups in total. The molecule has 0 fully saturated rings. The number of nitrogens with one attached hydrogen (secondary N) is 1. The second kappa shape index (κ2) is 8.61. The van der Waals surface area contributed by atoms with Crippen molar-refractivity contribution in [3.05, 3.63) is 64.2 Å². The molecule has 2 heterocycles. The van der Waals surface area contributed by atoms with E-state index in [-0.39, 0.29) is 11.7 Å². The molecular formula is C20H18ClF4N3O2. The van der Waals surface area contributed by atoms with Crippen molar-refractivity contribution in [3.63, 3.8) is 0 Å². The van der Waals surface area contributed by atoms with Gasteiger partial charge in [0, 0.05) is 24.0 Å². The summed E-state index contributed by atoms with van der Waals surface area (Å²) in [5, 5.41) is 10.9. The zero-order valence-corrected chi connectivity index (χ0v) is 16.6. The number of hydrogen-bond donors (Lipinski definition) is 2. The highest BCUT2D eigenvalue weighted by Gasteiger charge is 2.38. The van der Waals surface area contributed by atoms with E-state index in [0.717, 1.165) is 42.1 Å². The summed E-state index contributed by atoms with van der Waals surface area (Å²) < 4.78 is 48.3. The molecule has 30 heavy (non-hydrogen) atoms. The van der Waals surface area contributed by atoms with Crippen LogP contribution in [0.4, 0.5) is 17.6 Å². The van der Waals surface area contributed by atoms with E-state index in [9.17, 15) is 17.6 Å². The molecule has 1 aromatic heterocycles. The minimum Gasteiger partial charge on any atom is -0.475 e. The molecule has 4 rings (SSSR count). The first-order valence-corrected chi connectivity index (χ1v) is 9.41. The van der Waals surface area contributed by atoms with Gasteiger partial charge in [0.05, 0.1) is 17.6 Å². The van der Waals surface area contributed by atoms with Crippen LogP contribution in [0.3, 0.4) is 0 Å². The summed E-state index contributed by atoms with van der Waals surface area (Å²) in [6.45, 7) is 4.65. The number of alkyl halides is 3. The first kappa shape index (κ1) is 22.0. The van der Waals surface area contributed by atoms with Gasteiger partial charge >= 0.3 is 12.1 Å². The van der Waals surface area contributed by atoms with E-state index in [1.54, 1.807) is 12.1 Å². The van der Waals surface area contributed by atoms with Crippen LogP contribution in [0.2, 0.25) is 5.02 Å². The quantitative estimate of drug-likeness (QED) is 0.563. The number of carbonyl (C=O) groups is 1. The number of fused-ring (bicyclic) bond motifs is 3.